The van der Waals surface area contributed by atoms with Gasteiger partial charge in [-0.25, -0.2) is 0 Å². The first kappa shape index (κ1) is 8.29. The van der Waals surface area contributed by atoms with Crippen LogP contribution in [0.25, 0.3) is 0 Å². The molecule has 0 atom stereocenters. The number of hydrogen-bond acceptors (Lipinski definition) is 3. The Morgan fingerprint density at radius 1 is 1.50 bits per heavy atom. The van der Waals surface area contributed by atoms with Crippen LogP contribution in [-0.2, 0) is 14.1 Å². The Morgan fingerprint density at radius 3 is 2.10 bits per heavy atom. The minimum atomic E-state index is -4.71. The maximum Gasteiger partial charge on any atom is 0.446 e. The third kappa shape index (κ3) is 2.10. The lowest BCUT2D eigenvalue weighted by Crippen LogP contribution is -2.23. The van der Waals surface area contributed by atoms with Crippen molar-refractivity contribution in [3.8, 4) is 0 Å². The van der Waals surface area contributed by atoms with Crippen LogP contribution in [0.15, 0.2) is 0 Å². The molecule has 10 heavy (non-hydrogen) atoms. The molecule has 0 radical (unpaired) electrons. The zero-order valence-corrected chi connectivity index (χ0v) is 7.17. The van der Waals surface area contributed by atoms with Gasteiger partial charge in [-0.1, -0.05) is 3.89 Å². The van der Waals surface area contributed by atoms with Crippen LogP contribution < -0.4 is 0 Å². The fourth-order valence-corrected chi connectivity index (χ4v) is 4.03. The van der Waals surface area contributed by atoms with Gasteiger partial charge in [-0.15, -0.1) is 10.3 Å². The van der Waals surface area contributed by atoms with Crippen LogP contribution in [0.3, 0.4) is 0 Å². The average Bonchev–Trinajstić information content (AvgIpc) is 1.57. The lowest BCUT2D eigenvalue weighted by Gasteiger charge is -2.40. The maximum atomic E-state index is 11.9. The van der Waals surface area contributed by atoms with Gasteiger partial charge >= 0.3 is 10.5 Å². The third-order valence-corrected chi connectivity index (χ3v) is 5.67. The molecule has 0 unspecified atom stereocenters. The molecule has 0 spiro atoms. The molecule has 0 saturated carbocycles. The van der Waals surface area contributed by atoms with E-state index in [-0.39, 0.29) is 0 Å². The van der Waals surface area contributed by atoms with E-state index in [1.807, 2.05) is 0 Å². The summed E-state index contributed by atoms with van der Waals surface area (Å²) in [7, 11) is -6.27. The molecule has 1 rings (SSSR count). The summed E-state index contributed by atoms with van der Waals surface area (Å²) in [5, 5.41) is 0. The van der Waals surface area contributed by atoms with Crippen molar-refractivity contribution < 1.29 is 15.9 Å². The second-order valence-corrected chi connectivity index (χ2v) is 6.92. The van der Waals surface area contributed by atoms with Crippen LogP contribution in [-0.4, -0.2) is 26.2 Å². The average molecular weight is 188 g/mol. The Morgan fingerprint density at radius 2 is 2.00 bits per heavy atom. The lowest BCUT2D eigenvalue weighted by molar-refractivity contribution is 0.457. The molecular weight excluding hydrogens is 179 g/mol. The largest absolute Gasteiger partial charge is 0.446 e. The molecule has 0 amide bonds. The van der Waals surface area contributed by atoms with Crippen molar-refractivity contribution in [3.63, 3.8) is 0 Å². The Hall–Kier alpha value is 0.190. The van der Waals surface area contributed by atoms with E-state index in [4.69, 9.17) is 0 Å². The van der Waals surface area contributed by atoms with Gasteiger partial charge in [0.15, 0.2) is 0 Å². The summed E-state index contributed by atoms with van der Waals surface area (Å²) >= 11 is 0. The van der Waals surface area contributed by atoms with Gasteiger partial charge in [-0.05, 0) is 12.7 Å². The van der Waals surface area contributed by atoms with Crippen LogP contribution in [0.5, 0.6) is 0 Å². The second kappa shape index (κ2) is 2.35. The molecule has 0 aromatic rings. The van der Waals surface area contributed by atoms with Gasteiger partial charge in [-0.3, -0.25) is 0 Å². The summed E-state index contributed by atoms with van der Waals surface area (Å²) in [6.45, 7) is 0. The van der Waals surface area contributed by atoms with Gasteiger partial charge in [0.2, 0.25) is 0 Å². The molecule has 3 nitrogen and oxygen atoms in total. The third-order valence-electron chi connectivity index (χ3n) is 1.40. The van der Waals surface area contributed by atoms with Crippen molar-refractivity contribution in [2.75, 3.05) is 17.8 Å². The molecule has 0 bridgehead atoms. The minimum absolute atomic E-state index is 0.705. The highest BCUT2D eigenvalue weighted by Gasteiger charge is 2.32. The van der Waals surface area contributed by atoms with Crippen molar-refractivity contribution in [1.82, 2.24) is 0 Å². The molecular formula is C4H9FO3S2. The Labute approximate surface area is 61.5 Å². The molecule has 6 heteroatoms. The quantitative estimate of drug-likeness (QED) is 0.606. The van der Waals surface area contributed by atoms with Gasteiger partial charge in [0.1, 0.15) is 0 Å². The summed E-state index contributed by atoms with van der Waals surface area (Å²) in [5.74, 6) is 1.41. The van der Waals surface area contributed by atoms with E-state index < -0.39 is 20.8 Å². The van der Waals surface area contributed by atoms with Crippen LogP contribution in [0, 0.1) is 0 Å². The van der Waals surface area contributed by atoms with Gasteiger partial charge in [0.05, 0.1) is 0 Å². The van der Waals surface area contributed by atoms with Crippen LogP contribution >= 0.6 is 10.3 Å². The first-order chi connectivity index (χ1) is 4.41. The molecule has 0 aromatic carbocycles. The van der Waals surface area contributed by atoms with Gasteiger partial charge in [0, 0.05) is 11.5 Å². The summed E-state index contributed by atoms with van der Waals surface area (Å²) in [5.41, 5.74) is 0. The monoisotopic (exact) mass is 188 g/mol. The van der Waals surface area contributed by atoms with E-state index in [0.717, 1.165) is 6.42 Å². The zero-order valence-electron chi connectivity index (χ0n) is 5.54. The smallest absolute Gasteiger partial charge is 0.195 e. The second-order valence-electron chi connectivity index (χ2n) is 2.41. The van der Waals surface area contributed by atoms with E-state index in [1.165, 1.54) is 0 Å². The standard InChI is InChI=1S/C4H9FO3S2/c1-9(3-2-4-9)8-10(5,6)7/h2-4H2,1H3. The molecule has 1 saturated heterocycles. The fourth-order valence-electron chi connectivity index (χ4n) is 0.815. The molecule has 1 aliphatic rings. The Balaban J connectivity index is 2.53. The number of rotatable bonds is 2. The predicted molar refractivity (Wildman–Crippen MR) is 39.0 cm³/mol. The summed E-state index contributed by atoms with van der Waals surface area (Å²) in [4.78, 5) is 0. The Bertz CT molecular complexity index is 219. The number of halogens is 1. The highest BCUT2D eigenvalue weighted by Crippen LogP contribution is 2.55. The Kier molecular flexibility index (Phi) is 1.95. The number of hydrogen-bond donors (Lipinski definition) is 0. The van der Waals surface area contributed by atoms with Crippen molar-refractivity contribution in [1.29, 1.82) is 0 Å². The zero-order chi connectivity index (χ0) is 7.83. The van der Waals surface area contributed by atoms with E-state index in [1.54, 1.807) is 6.26 Å². The van der Waals surface area contributed by atoms with Crippen LogP contribution in [0.4, 0.5) is 3.89 Å². The summed E-state index contributed by atoms with van der Waals surface area (Å²) in [6, 6.07) is 0. The van der Waals surface area contributed by atoms with E-state index >= 15 is 0 Å². The SMILES string of the molecule is CS1(OS(=O)(=O)F)CCC1. The van der Waals surface area contributed by atoms with Gasteiger partial charge in [-0.2, -0.15) is 12.0 Å². The lowest BCUT2D eigenvalue weighted by atomic mass is 10.5. The van der Waals surface area contributed by atoms with E-state index in [2.05, 4.69) is 3.63 Å². The molecule has 1 heterocycles. The molecule has 1 aliphatic heterocycles. The van der Waals surface area contributed by atoms with Crippen molar-refractivity contribution >= 4 is 20.8 Å². The van der Waals surface area contributed by atoms with Gasteiger partial charge < -0.3 is 0 Å². The topological polar surface area (TPSA) is 43.4 Å². The predicted octanol–water partition coefficient (Wildman–Crippen LogP) is 0.970. The fraction of sp³-hybridized carbons (Fsp3) is 1.00. The van der Waals surface area contributed by atoms with Crippen molar-refractivity contribution in [3.05, 3.63) is 0 Å². The minimum Gasteiger partial charge on any atom is -0.195 e. The molecule has 0 aliphatic carbocycles. The van der Waals surface area contributed by atoms with Crippen molar-refractivity contribution in [2.24, 2.45) is 0 Å². The van der Waals surface area contributed by atoms with Gasteiger partial charge in [0.25, 0.3) is 0 Å². The van der Waals surface area contributed by atoms with E-state index in [0.29, 0.717) is 11.5 Å². The molecule has 1 fully saturated rings. The van der Waals surface area contributed by atoms with E-state index in [9.17, 15) is 12.3 Å². The molecule has 0 N–H and O–H groups in total. The van der Waals surface area contributed by atoms with Crippen LogP contribution in [0.1, 0.15) is 6.42 Å². The maximum absolute atomic E-state index is 11.9. The van der Waals surface area contributed by atoms with Crippen molar-refractivity contribution in [2.45, 2.75) is 6.42 Å². The highest BCUT2D eigenvalue weighted by molar-refractivity contribution is 8.33. The first-order valence-electron chi connectivity index (χ1n) is 2.81. The molecule has 0 aromatic heterocycles. The van der Waals surface area contributed by atoms with Crippen LogP contribution in [0.2, 0.25) is 0 Å². The highest BCUT2D eigenvalue weighted by atomic mass is 32.3. The molecule has 62 valence electrons. The first-order valence-corrected chi connectivity index (χ1v) is 6.42. The summed E-state index contributed by atoms with van der Waals surface area (Å²) < 4.78 is 36.1. The normalized spacial score (nSPS) is 27.0. The summed E-state index contributed by atoms with van der Waals surface area (Å²) in [6.07, 6.45) is 2.62.